The van der Waals surface area contributed by atoms with Gasteiger partial charge >= 0.3 is 0 Å². The van der Waals surface area contributed by atoms with Crippen molar-refractivity contribution in [3.8, 4) is 34.0 Å². The van der Waals surface area contributed by atoms with E-state index in [1.807, 2.05) is 84.9 Å². The molecule has 224 valence electrons. The van der Waals surface area contributed by atoms with E-state index in [1.54, 1.807) is 4.90 Å². The number of rotatable bonds is 4. The van der Waals surface area contributed by atoms with Gasteiger partial charge in [0.2, 0.25) is 5.89 Å². The van der Waals surface area contributed by atoms with Gasteiger partial charge in [-0.1, -0.05) is 72.7 Å². The molecule has 0 unspecified atom stereocenters. The number of aromatic nitrogens is 1. The summed E-state index contributed by atoms with van der Waals surface area (Å²) < 4.78 is 107. The first-order chi connectivity index (χ1) is 27.9. The second kappa shape index (κ2) is 9.47. The highest BCUT2D eigenvalue weighted by Gasteiger charge is 2.30. The van der Waals surface area contributed by atoms with Crippen LogP contribution in [0.4, 0.5) is 17.1 Å². The standard InChI is InChI=1S/C43H24N2O3/c1-2-9-25(10-3-1)43-44-41-34-14-8-11-26-21-29(22-35(40(26)34)42(41)48-43)45(27-17-19-32-30-12-4-6-15-36(30)46-38(32)23-27)28-18-20-33-31-13-5-7-16-37(31)47-39(33)24-28/h1-24H/i1D,2D,3D,8D,9D,10D,11D,14D,21D,22D. The van der Waals surface area contributed by atoms with Gasteiger partial charge in [-0.05, 0) is 66.0 Å². The van der Waals surface area contributed by atoms with Crippen LogP contribution < -0.4 is 4.90 Å². The molecule has 0 bridgehead atoms. The number of anilines is 3. The van der Waals surface area contributed by atoms with Crippen LogP contribution in [0.5, 0.6) is 0 Å². The zero-order chi connectivity index (χ0) is 40.0. The summed E-state index contributed by atoms with van der Waals surface area (Å²) in [5.41, 5.74) is 3.30. The van der Waals surface area contributed by atoms with Crippen LogP contribution in [-0.4, -0.2) is 4.98 Å². The van der Waals surface area contributed by atoms with Crippen molar-refractivity contribution in [3.05, 3.63) is 145 Å². The van der Waals surface area contributed by atoms with Gasteiger partial charge in [0.15, 0.2) is 5.76 Å². The minimum Gasteiger partial charge on any atom is -0.456 e. The van der Waals surface area contributed by atoms with E-state index in [0.29, 0.717) is 33.7 Å². The number of nitrogens with zero attached hydrogens (tertiary/aromatic N) is 2. The number of hydrogen-bond donors (Lipinski definition) is 0. The highest BCUT2D eigenvalue weighted by atomic mass is 16.4. The average Bonchev–Trinajstić information content (AvgIpc) is 3.99. The van der Waals surface area contributed by atoms with Crippen LogP contribution in [0, 0.1) is 0 Å². The van der Waals surface area contributed by atoms with Gasteiger partial charge in [-0.2, -0.15) is 0 Å². The van der Waals surface area contributed by atoms with Gasteiger partial charge in [0, 0.05) is 72.8 Å². The van der Waals surface area contributed by atoms with E-state index in [9.17, 15) is 2.74 Å². The summed E-state index contributed by atoms with van der Waals surface area (Å²) in [6.45, 7) is 0. The summed E-state index contributed by atoms with van der Waals surface area (Å²) >= 11 is 0. The van der Waals surface area contributed by atoms with Crippen molar-refractivity contribution in [3.63, 3.8) is 0 Å². The van der Waals surface area contributed by atoms with E-state index in [0.717, 1.165) is 21.5 Å². The number of oxazole rings is 1. The third-order valence-electron chi connectivity index (χ3n) is 8.88. The van der Waals surface area contributed by atoms with Crippen molar-refractivity contribution in [1.82, 2.24) is 4.98 Å². The molecule has 10 aromatic rings. The van der Waals surface area contributed by atoms with E-state index < -0.39 is 42.3 Å². The fourth-order valence-electron chi connectivity index (χ4n) is 6.78. The molecule has 1 aliphatic rings. The van der Waals surface area contributed by atoms with E-state index in [4.69, 9.17) is 24.2 Å². The molecule has 1 aliphatic carbocycles. The third kappa shape index (κ3) is 3.58. The molecule has 7 aromatic carbocycles. The van der Waals surface area contributed by atoms with E-state index >= 15 is 0 Å². The lowest BCUT2D eigenvalue weighted by atomic mass is 10.0. The molecule has 48 heavy (non-hydrogen) atoms. The van der Waals surface area contributed by atoms with Crippen LogP contribution in [0.15, 0.2) is 159 Å². The highest BCUT2D eigenvalue weighted by Crippen LogP contribution is 2.51. The zero-order valence-electron chi connectivity index (χ0n) is 34.7. The lowest BCUT2D eigenvalue weighted by Crippen LogP contribution is -2.10. The average molecular weight is 627 g/mol. The number of hydrogen-bond acceptors (Lipinski definition) is 5. The van der Waals surface area contributed by atoms with Crippen LogP contribution >= 0.6 is 0 Å². The van der Waals surface area contributed by atoms with Crippen LogP contribution in [0.25, 0.3) is 88.7 Å². The Morgan fingerprint density at radius 3 is 1.88 bits per heavy atom. The molecule has 0 saturated carbocycles. The van der Waals surface area contributed by atoms with Crippen LogP contribution in [-0.2, 0) is 0 Å². The lowest BCUT2D eigenvalue weighted by Gasteiger charge is -2.26. The fraction of sp³-hybridized carbons (Fsp3) is 0. The molecule has 0 radical (unpaired) electrons. The molecule has 11 rings (SSSR count). The van der Waals surface area contributed by atoms with Gasteiger partial charge in [-0.3, -0.25) is 0 Å². The number of furan rings is 2. The second-order valence-corrected chi connectivity index (χ2v) is 11.6. The maximum atomic E-state index is 9.93. The summed E-state index contributed by atoms with van der Waals surface area (Å²) in [5.74, 6) is -0.382. The van der Waals surface area contributed by atoms with Crippen molar-refractivity contribution in [2.75, 3.05) is 4.90 Å². The maximum Gasteiger partial charge on any atom is 0.227 e. The minimum atomic E-state index is -0.592. The first kappa shape index (κ1) is 17.9. The molecular formula is C43H24N2O3. The molecule has 0 N–H and O–H groups in total. The van der Waals surface area contributed by atoms with Gasteiger partial charge in [0.25, 0.3) is 0 Å². The second-order valence-electron chi connectivity index (χ2n) is 11.6. The number of fused-ring (bicyclic) bond motifs is 9. The Morgan fingerprint density at radius 2 is 1.19 bits per heavy atom. The van der Waals surface area contributed by atoms with E-state index in [1.165, 1.54) is 0 Å². The molecular weight excluding hydrogens is 592 g/mol. The minimum absolute atomic E-state index is 0.00398. The Kier molecular flexibility index (Phi) is 3.54. The quantitative estimate of drug-likeness (QED) is 0.195. The van der Waals surface area contributed by atoms with Gasteiger partial charge in [0.05, 0.1) is 13.7 Å². The van der Waals surface area contributed by atoms with Crippen LogP contribution in [0.2, 0.25) is 0 Å². The topological polar surface area (TPSA) is 55.6 Å². The molecule has 0 spiro atoms. The molecule has 0 saturated heterocycles. The molecule has 3 aromatic heterocycles. The monoisotopic (exact) mass is 626 g/mol. The summed E-state index contributed by atoms with van der Waals surface area (Å²) in [6, 6.07) is 21.8. The fourth-order valence-corrected chi connectivity index (χ4v) is 6.78. The molecule has 5 heteroatoms. The SMILES string of the molecule is [2H]c1c([2H])c([2H])c(-c2nc3c(o2)-c2c([2H])c(N(c4ccc5c(c4)oc4ccccc45)c4ccc5c(c4)oc4ccccc45)c([2H])c4c([2H])c([2H])c([2H])c-3c24)c([2H])c1[2H]. The molecule has 0 atom stereocenters. The molecule has 0 fully saturated rings. The Morgan fingerprint density at radius 1 is 0.542 bits per heavy atom. The van der Waals surface area contributed by atoms with E-state index in [2.05, 4.69) is 4.98 Å². The lowest BCUT2D eigenvalue weighted by molar-refractivity contribution is 0.590. The van der Waals surface area contributed by atoms with Crippen LogP contribution in [0.1, 0.15) is 13.7 Å². The number of benzene rings is 7. The van der Waals surface area contributed by atoms with Crippen LogP contribution in [0.3, 0.4) is 0 Å². The predicted molar refractivity (Wildman–Crippen MR) is 193 cm³/mol. The van der Waals surface area contributed by atoms with Crippen molar-refractivity contribution in [2.45, 2.75) is 0 Å². The molecule has 0 amide bonds. The highest BCUT2D eigenvalue weighted by molar-refractivity contribution is 6.15. The Labute approximate surface area is 287 Å². The van der Waals surface area contributed by atoms with Crippen molar-refractivity contribution in [2.24, 2.45) is 0 Å². The zero-order valence-corrected chi connectivity index (χ0v) is 24.7. The number of para-hydroxylation sites is 2. The predicted octanol–water partition coefficient (Wildman–Crippen LogP) is 12.4. The Balaban J connectivity index is 1.23. The largest absolute Gasteiger partial charge is 0.456 e. The first-order valence-corrected chi connectivity index (χ1v) is 15.2. The Hall–Kier alpha value is -6.59. The summed E-state index contributed by atoms with van der Waals surface area (Å²) in [4.78, 5) is 6.25. The van der Waals surface area contributed by atoms with Gasteiger partial charge in [-0.15, -0.1) is 0 Å². The maximum absolute atomic E-state index is 9.93. The van der Waals surface area contributed by atoms with Gasteiger partial charge in [0.1, 0.15) is 28.0 Å². The molecule has 5 nitrogen and oxygen atoms in total. The van der Waals surface area contributed by atoms with Crippen molar-refractivity contribution >= 4 is 71.7 Å². The summed E-state index contributed by atoms with van der Waals surface area (Å²) in [7, 11) is 0. The molecule has 3 heterocycles. The summed E-state index contributed by atoms with van der Waals surface area (Å²) in [6.07, 6.45) is 0. The third-order valence-corrected chi connectivity index (χ3v) is 8.88. The van der Waals surface area contributed by atoms with Gasteiger partial charge in [-0.25, -0.2) is 4.98 Å². The first-order valence-electron chi connectivity index (χ1n) is 20.2. The van der Waals surface area contributed by atoms with E-state index in [-0.39, 0.29) is 68.6 Å². The van der Waals surface area contributed by atoms with Crippen molar-refractivity contribution in [1.29, 1.82) is 0 Å². The summed E-state index contributed by atoms with van der Waals surface area (Å²) in [5, 5.41) is 3.69. The Bertz CT molecular complexity index is 3350. The normalized spacial score (nSPS) is 15.1. The van der Waals surface area contributed by atoms with Gasteiger partial charge < -0.3 is 18.2 Å². The smallest absolute Gasteiger partial charge is 0.227 e. The van der Waals surface area contributed by atoms with Crippen molar-refractivity contribution < 1.29 is 27.0 Å². The molecule has 0 aliphatic heterocycles.